The van der Waals surface area contributed by atoms with Gasteiger partial charge in [0.05, 0.1) is 16.7 Å². The molecule has 0 aliphatic rings. The number of aromatic carboxylic acids is 1. The van der Waals surface area contributed by atoms with E-state index in [2.05, 4.69) is 9.71 Å². The molecule has 1 aromatic rings. The van der Waals surface area contributed by atoms with Crippen molar-refractivity contribution >= 4 is 16.0 Å². The van der Waals surface area contributed by atoms with Gasteiger partial charge in [-0.1, -0.05) is 0 Å². The van der Waals surface area contributed by atoms with Crippen molar-refractivity contribution in [1.29, 1.82) is 0 Å². The van der Waals surface area contributed by atoms with E-state index in [9.17, 15) is 18.3 Å². The van der Waals surface area contributed by atoms with Gasteiger partial charge in [0.15, 0.2) is 5.03 Å². The molecule has 7 nitrogen and oxygen atoms in total. The molecule has 20 heavy (non-hydrogen) atoms. The largest absolute Gasteiger partial charge is 0.478 e. The first-order valence-electron chi connectivity index (χ1n) is 5.82. The SMILES string of the molecule is CC(C)(O)C(C)(C)NS(=O)(=O)c1ccc(C(=O)O)cn1. The Kier molecular flexibility index (Phi) is 4.23. The van der Waals surface area contributed by atoms with Crippen molar-refractivity contribution in [2.24, 2.45) is 0 Å². The second kappa shape index (κ2) is 5.12. The molecular formula is C12H18N2O5S. The van der Waals surface area contributed by atoms with Crippen LogP contribution in [0.2, 0.25) is 0 Å². The minimum atomic E-state index is -3.96. The predicted octanol–water partition coefficient (Wildman–Crippen LogP) is 0.608. The van der Waals surface area contributed by atoms with Gasteiger partial charge in [-0.05, 0) is 39.8 Å². The minimum Gasteiger partial charge on any atom is -0.478 e. The number of hydrogen-bond acceptors (Lipinski definition) is 5. The fraction of sp³-hybridized carbons (Fsp3) is 0.500. The summed E-state index contributed by atoms with van der Waals surface area (Å²) in [6, 6.07) is 2.26. The number of nitrogens with zero attached hydrogens (tertiary/aromatic N) is 1. The van der Waals surface area contributed by atoms with Gasteiger partial charge in [0.25, 0.3) is 10.0 Å². The summed E-state index contributed by atoms with van der Waals surface area (Å²) in [5, 5.41) is 18.4. The summed E-state index contributed by atoms with van der Waals surface area (Å²) in [5.74, 6) is -1.19. The molecule has 0 saturated carbocycles. The Bertz CT molecular complexity index is 600. The maximum absolute atomic E-state index is 12.1. The highest BCUT2D eigenvalue weighted by Gasteiger charge is 2.39. The highest BCUT2D eigenvalue weighted by atomic mass is 32.2. The van der Waals surface area contributed by atoms with Crippen molar-refractivity contribution in [2.45, 2.75) is 43.9 Å². The molecule has 0 aliphatic carbocycles. The van der Waals surface area contributed by atoms with Crippen LogP contribution in [-0.2, 0) is 10.0 Å². The molecule has 0 atom stereocenters. The molecule has 1 aromatic heterocycles. The molecule has 0 amide bonds. The van der Waals surface area contributed by atoms with E-state index in [1.165, 1.54) is 27.7 Å². The quantitative estimate of drug-likeness (QED) is 0.733. The van der Waals surface area contributed by atoms with Crippen LogP contribution in [-0.4, -0.2) is 40.7 Å². The molecule has 0 radical (unpaired) electrons. The van der Waals surface area contributed by atoms with E-state index in [1.807, 2.05) is 0 Å². The van der Waals surface area contributed by atoms with E-state index in [-0.39, 0.29) is 10.6 Å². The Morgan fingerprint density at radius 2 is 1.80 bits per heavy atom. The van der Waals surface area contributed by atoms with Gasteiger partial charge in [-0.15, -0.1) is 0 Å². The summed E-state index contributed by atoms with van der Waals surface area (Å²) in [6.07, 6.45) is 0.966. The zero-order chi connectivity index (χ0) is 15.8. The minimum absolute atomic E-state index is 0.106. The highest BCUT2D eigenvalue weighted by molar-refractivity contribution is 7.89. The fourth-order valence-corrected chi connectivity index (χ4v) is 2.64. The van der Waals surface area contributed by atoms with Crippen molar-refractivity contribution in [2.75, 3.05) is 0 Å². The number of carboxylic acid groups (broad SMARTS) is 1. The number of rotatable bonds is 5. The van der Waals surface area contributed by atoms with E-state index in [1.54, 1.807) is 0 Å². The summed E-state index contributed by atoms with van der Waals surface area (Å²) in [5.41, 5.74) is -2.52. The van der Waals surface area contributed by atoms with Gasteiger partial charge in [-0.2, -0.15) is 0 Å². The molecule has 0 unspecified atom stereocenters. The van der Waals surface area contributed by atoms with Crippen LogP contribution in [0, 0.1) is 0 Å². The summed E-state index contributed by atoms with van der Waals surface area (Å²) in [4.78, 5) is 14.3. The van der Waals surface area contributed by atoms with Crippen molar-refractivity contribution in [3.05, 3.63) is 23.9 Å². The van der Waals surface area contributed by atoms with Crippen molar-refractivity contribution in [1.82, 2.24) is 9.71 Å². The zero-order valence-electron chi connectivity index (χ0n) is 11.7. The average molecular weight is 302 g/mol. The Morgan fingerprint density at radius 3 is 2.15 bits per heavy atom. The van der Waals surface area contributed by atoms with Crippen LogP contribution in [0.3, 0.4) is 0 Å². The van der Waals surface area contributed by atoms with E-state index in [0.29, 0.717) is 0 Å². The van der Waals surface area contributed by atoms with Gasteiger partial charge in [-0.25, -0.2) is 22.9 Å². The van der Waals surface area contributed by atoms with Gasteiger partial charge in [0.2, 0.25) is 0 Å². The smallest absolute Gasteiger partial charge is 0.337 e. The lowest BCUT2D eigenvalue weighted by molar-refractivity contribution is 0.00636. The van der Waals surface area contributed by atoms with Crippen LogP contribution in [0.4, 0.5) is 0 Å². The number of hydrogen-bond donors (Lipinski definition) is 3. The average Bonchev–Trinajstić information content (AvgIpc) is 2.26. The van der Waals surface area contributed by atoms with Crippen LogP contribution in [0.15, 0.2) is 23.4 Å². The standard InChI is InChI=1S/C12H18N2O5S/c1-11(2,12(3,4)17)14-20(18,19)9-6-5-8(7-13-9)10(15)16/h5-7,14,17H,1-4H3,(H,15,16). The van der Waals surface area contributed by atoms with E-state index in [0.717, 1.165) is 18.3 Å². The number of pyridine rings is 1. The number of carboxylic acids is 1. The van der Waals surface area contributed by atoms with Crippen LogP contribution in [0.1, 0.15) is 38.1 Å². The zero-order valence-corrected chi connectivity index (χ0v) is 12.5. The predicted molar refractivity (Wildman–Crippen MR) is 71.9 cm³/mol. The van der Waals surface area contributed by atoms with Crippen LogP contribution < -0.4 is 4.72 Å². The highest BCUT2D eigenvalue weighted by Crippen LogP contribution is 2.23. The van der Waals surface area contributed by atoms with Crippen molar-refractivity contribution < 1.29 is 23.4 Å². The Hall–Kier alpha value is -1.51. The number of aliphatic hydroxyl groups is 1. The Balaban J connectivity index is 3.09. The molecule has 0 bridgehead atoms. The van der Waals surface area contributed by atoms with E-state index < -0.39 is 27.1 Å². The van der Waals surface area contributed by atoms with Gasteiger partial charge < -0.3 is 10.2 Å². The first-order chi connectivity index (χ1) is 8.87. The lowest BCUT2D eigenvalue weighted by Gasteiger charge is -2.37. The molecule has 112 valence electrons. The third-order valence-electron chi connectivity index (χ3n) is 3.18. The molecule has 1 rings (SSSR count). The molecule has 0 aromatic carbocycles. The number of nitrogens with one attached hydrogen (secondary N) is 1. The molecular weight excluding hydrogens is 284 g/mol. The number of carbonyl (C=O) groups is 1. The van der Waals surface area contributed by atoms with Crippen LogP contribution in [0.25, 0.3) is 0 Å². The second-order valence-corrected chi connectivity index (χ2v) is 7.11. The first kappa shape index (κ1) is 16.5. The summed E-state index contributed by atoms with van der Waals surface area (Å²) < 4.78 is 26.6. The second-order valence-electron chi connectivity index (χ2n) is 5.48. The maximum atomic E-state index is 12.1. The lowest BCUT2D eigenvalue weighted by atomic mass is 9.87. The molecule has 0 aliphatic heterocycles. The fourth-order valence-electron chi connectivity index (χ4n) is 1.18. The van der Waals surface area contributed by atoms with Gasteiger partial charge in [-0.3, -0.25) is 0 Å². The Morgan fingerprint density at radius 1 is 1.25 bits per heavy atom. The normalized spacial score (nSPS) is 13.2. The van der Waals surface area contributed by atoms with Gasteiger partial charge >= 0.3 is 5.97 Å². The maximum Gasteiger partial charge on any atom is 0.337 e. The van der Waals surface area contributed by atoms with Gasteiger partial charge in [0, 0.05) is 6.20 Å². The van der Waals surface area contributed by atoms with Crippen LogP contribution >= 0.6 is 0 Å². The van der Waals surface area contributed by atoms with E-state index in [4.69, 9.17) is 5.11 Å². The molecule has 1 heterocycles. The number of aromatic nitrogens is 1. The van der Waals surface area contributed by atoms with E-state index >= 15 is 0 Å². The van der Waals surface area contributed by atoms with Gasteiger partial charge in [0.1, 0.15) is 0 Å². The first-order valence-corrected chi connectivity index (χ1v) is 7.31. The molecule has 0 spiro atoms. The van der Waals surface area contributed by atoms with Crippen molar-refractivity contribution in [3.8, 4) is 0 Å². The number of sulfonamides is 1. The van der Waals surface area contributed by atoms with Crippen molar-refractivity contribution in [3.63, 3.8) is 0 Å². The van der Waals surface area contributed by atoms with Crippen LogP contribution in [0.5, 0.6) is 0 Å². The third kappa shape index (κ3) is 3.53. The molecule has 8 heteroatoms. The Labute approximate surface area is 117 Å². The summed E-state index contributed by atoms with van der Waals surface area (Å²) >= 11 is 0. The molecule has 3 N–H and O–H groups in total. The molecule has 0 fully saturated rings. The topological polar surface area (TPSA) is 117 Å². The summed E-state index contributed by atoms with van der Waals surface area (Å²) in [6.45, 7) is 6.04. The molecule has 0 saturated heterocycles. The summed E-state index contributed by atoms with van der Waals surface area (Å²) in [7, 11) is -3.96. The third-order valence-corrected chi connectivity index (χ3v) is 4.75. The lowest BCUT2D eigenvalue weighted by Crippen LogP contribution is -2.57. The monoisotopic (exact) mass is 302 g/mol.